The Labute approximate surface area is 175 Å². The van der Waals surface area contributed by atoms with Crippen LogP contribution in [0.2, 0.25) is 0 Å². The summed E-state index contributed by atoms with van der Waals surface area (Å²) in [6, 6.07) is 3.90. The van der Waals surface area contributed by atoms with Gasteiger partial charge in [0.15, 0.2) is 5.13 Å². The molecule has 0 aliphatic carbocycles. The number of nitrogens with zero attached hydrogens (tertiary/aromatic N) is 5. The van der Waals surface area contributed by atoms with Gasteiger partial charge in [-0.15, -0.1) is 0 Å². The quantitative estimate of drug-likeness (QED) is 0.673. The predicted molar refractivity (Wildman–Crippen MR) is 116 cm³/mol. The Morgan fingerprint density at radius 1 is 1.38 bits per heavy atom. The highest BCUT2D eigenvalue weighted by Crippen LogP contribution is 2.30. The molecule has 1 N–H and O–H groups in total. The number of hydrogen-bond acceptors (Lipinski definition) is 6. The molecular weight excluding hydrogens is 384 g/mol. The first-order valence-electron chi connectivity index (χ1n) is 10.3. The summed E-state index contributed by atoms with van der Waals surface area (Å²) in [5.41, 5.74) is 4.44. The summed E-state index contributed by atoms with van der Waals surface area (Å²) in [7, 11) is 0. The number of anilines is 1. The second-order valence-electron chi connectivity index (χ2n) is 7.62. The first-order valence-corrected chi connectivity index (χ1v) is 11.2. The van der Waals surface area contributed by atoms with E-state index < -0.39 is 0 Å². The fourth-order valence-corrected chi connectivity index (χ4v) is 5.06. The fraction of sp³-hybridized carbons (Fsp3) is 0.524. The summed E-state index contributed by atoms with van der Waals surface area (Å²) in [5, 5.41) is 8.68. The lowest BCUT2D eigenvalue weighted by Crippen LogP contribution is -2.43. The standard InChI is InChI=1S/C21H28N6OS/c1-4-27-15(3)17(14(2)25-27)9-11-22-19(28)16-7-6-12-26(13-16)21-24-18-8-5-10-23-20(18)29-21/h5,8,10,16H,4,6-7,9,11-13H2,1-3H3,(H,22,28)/t16-/m1/s1. The number of hydrogen-bond donors (Lipinski definition) is 1. The summed E-state index contributed by atoms with van der Waals surface area (Å²) >= 11 is 1.60. The van der Waals surface area contributed by atoms with Crippen molar-refractivity contribution in [3.63, 3.8) is 0 Å². The van der Waals surface area contributed by atoms with Crippen LogP contribution in [0.3, 0.4) is 0 Å². The van der Waals surface area contributed by atoms with E-state index in [9.17, 15) is 4.79 Å². The smallest absolute Gasteiger partial charge is 0.224 e. The lowest BCUT2D eigenvalue weighted by Gasteiger charge is -2.31. The van der Waals surface area contributed by atoms with E-state index in [4.69, 9.17) is 4.98 Å². The van der Waals surface area contributed by atoms with Gasteiger partial charge in [-0.05, 0) is 57.7 Å². The van der Waals surface area contributed by atoms with E-state index in [1.807, 2.05) is 23.7 Å². The van der Waals surface area contributed by atoms with E-state index in [1.54, 1.807) is 17.5 Å². The van der Waals surface area contributed by atoms with Crippen LogP contribution >= 0.6 is 11.3 Å². The molecule has 1 saturated heterocycles. The van der Waals surface area contributed by atoms with Gasteiger partial charge in [-0.25, -0.2) is 9.97 Å². The molecule has 7 nitrogen and oxygen atoms in total. The normalized spacial score (nSPS) is 17.1. The monoisotopic (exact) mass is 412 g/mol. The largest absolute Gasteiger partial charge is 0.355 e. The van der Waals surface area contributed by atoms with Crippen LogP contribution in [0.5, 0.6) is 0 Å². The van der Waals surface area contributed by atoms with E-state index in [0.29, 0.717) is 6.54 Å². The third-order valence-electron chi connectivity index (χ3n) is 5.72. The van der Waals surface area contributed by atoms with Crippen LogP contribution in [0.1, 0.15) is 36.7 Å². The maximum Gasteiger partial charge on any atom is 0.224 e. The Bertz CT molecular complexity index is 977. The van der Waals surface area contributed by atoms with Gasteiger partial charge in [-0.2, -0.15) is 5.10 Å². The summed E-state index contributed by atoms with van der Waals surface area (Å²) in [6.07, 6.45) is 4.55. The van der Waals surface area contributed by atoms with Crippen molar-refractivity contribution >= 4 is 32.7 Å². The minimum atomic E-state index is 0.00396. The maximum absolute atomic E-state index is 12.8. The Kier molecular flexibility index (Phi) is 5.80. The zero-order valence-corrected chi connectivity index (χ0v) is 18.1. The van der Waals surface area contributed by atoms with Gasteiger partial charge in [-0.3, -0.25) is 9.48 Å². The third-order valence-corrected chi connectivity index (χ3v) is 6.76. The summed E-state index contributed by atoms with van der Waals surface area (Å²) in [6.45, 7) is 9.43. The van der Waals surface area contributed by atoms with Gasteiger partial charge in [0, 0.05) is 38.1 Å². The zero-order valence-electron chi connectivity index (χ0n) is 17.3. The Balaban J connectivity index is 1.34. The highest BCUT2D eigenvalue weighted by molar-refractivity contribution is 7.21. The van der Waals surface area contributed by atoms with Gasteiger partial charge in [0.1, 0.15) is 10.3 Å². The molecule has 0 unspecified atom stereocenters. The van der Waals surface area contributed by atoms with Gasteiger partial charge in [0.05, 0.1) is 11.6 Å². The maximum atomic E-state index is 12.8. The zero-order chi connectivity index (χ0) is 20.4. The van der Waals surface area contributed by atoms with Gasteiger partial charge in [0.25, 0.3) is 0 Å². The number of carbonyl (C=O) groups is 1. The van der Waals surface area contributed by atoms with E-state index in [0.717, 1.165) is 60.1 Å². The molecule has 1 amide bonds. The van der Waals surface area contributed by atoms with E-state index >= 15 is 0 Å². The van der Waals surface area contributed by atoms with Gasteiger partial charge < -0.3 is 10.2 Å². The highest BCUT2D eigenvalue weighted by atomic mass is 32.1. The molecule has 1 atom stereocenters. The number of aromatic nitrogens is 4. The van der Waals surface area contributed by atoms with Crippen LogP contribution in [-0.4, -0.2) is 45.3 Å². The van der Waals surface area contributed by atoms with Crippen LogP contribution in [-0.2, 0) is 17.8 Å². The molecule has 3 aromatic rings. The number of aryl methyl sites for hydroxylation is 2. The average Bonchev–Trinajstić information content (AvgIpc) is 3.29. The number of piperidine rings is 1. The minimum Gasteiger partial charge on any atom is -0.355 e. The molecule has 8 heteroatoms. The molecule has 0 spiro atoms. The molecule has 29 heavy (non-hydrogen) atoms. The van der Waals surface area contributed by atoms with Crippen LogP contribution in [0, 0.1) is 19.8 Å². The SMILES string of the molecule is CCn1nc(C)c(CCNC(=O)[C@@H]2CCCN(c3nc4cccnc4s3)C2)c1C. The molecule has 0 bridgehead atoms. The lowest BCUT2D eigenvalue weighted by molar-refractivity contribution is -0.125. The molecule has 1 aliphatic heterocycles. The first-order chi connectivity index (χ1) is 14.1. The van der Waals surface area contributed by atoms with Crippen molar-refractivity contribution in [2.24, 2.45) is 5.92 Å². The number of fused-ring (bicyclic) bond motifs is 1. The van der Waals surface area contributed by atoms with Gasteiger partial charge in [-0.1, -0.05) is 11.3 Å². The minimum absolute atomic E-state index is 0.00396. The predicted octanol–water partition coefficient (Wildman–Crippen LogP) is 3.10. The molecule has 1 aliphatic rings. The fourth-order valence-electron chi connectivity index (χ4n) is 4.12. The topological polar surface area (TPSA) is 75.9 Å². The molecular formula is C21H28N6OS. The van der Waals surface area contributed by atoms with Crippen LogP contribution in [0.15, 0.2) is 18.3 Å². The van der Waals surface area contributed by atoms with E-state index in [1.165, 1.54) is 11.3 Å². The van der Waals surface area contributed by atoms with Crippen molar-refractivity contribution in [1.29, 1.82) is 0 Å². The Morgan fingerprint density at radius 3 is 3.00 bits per heavy atom. The van der Waals surface area contributed by atoms with Crippen molar-refractivity contribution in [3.8, 4) is 0 Å². The first kappa shape index (κ1) is 19.8. The van der Waals surface area contributed by atoms with Crippen molar-refractivity contribution < 1.29 is 4.79 Å². The van der Waals surface area contributed by atoms with E-state index in [2.05, 4.69) is 34.1 Å². The summed E-state index contributed by atoms with van der Waals surface area (Å²) < 4.78 is 2.03. The van der Waals surface area contributed by atoms with Crippen molar-refractivity contribution in [1.82, 2.24) is 25.1 Å². The molecule has 154 valence electrons. The number of nitrogens with one attached hydrogen (secondary N) is 1. The van der Waals surface area contributed by atoms with Crippen LogP contribution in [0.4, 0.5) is 5.13 Å². The van der Waals surface area contributed by atoms with Gasteiger partial charge in [0.2, 0.25) is 5.91 Å². The molecule has 1 fully saturated rings. The number of rotatable bonds is 6. The number of thiazole rings is 1. The Hall–Kier alpha value is -2.48. The van der Waals surface area contributed by atoms with Crippen molar-refractivity contribution in [2.75, 3.05) is 24.5 Å². The molecule has 3 aromatic heterocycles. The van der Waals surface area contributed by atoms with Gasteiger partial charge >= 0.3 is 0 Å². The van der Waals surface area contributed by atoms with E-state index in [-0.39, 0.29) is 11.8 Å². The molecule has 0 radical (unpaired) electrons. The molecule has 0 saturated carbocycles. The summed E-state index contributed by atoms with van der Waals surface area (Å²) in [4.78, 5) is 25.1. The molecule has 0 aromatic carbocycles. The molecule has 4 heterocycles. The number of amides is 1. The number of pyridine rings is 1. The number of carbonyl (C=O) groups excluding carboxylic acids is 1. The van der Waals surface area contributed by atoms with Crippen LogP contribution < -0.4 is 10.2 Å². The molecule has 4 rings (SSSR count). The highest BCUT2D eigenvalue weighted by Gasteiger charge is 2.27. The Morgan fingerprint density at radius 2 is 2.24 bits per heavy atom. The summed E-state index contributed by atoms with van der Waals surface area (Å²) in [5.74, 6) is 0.149. The second-order valence-corrected chi connectivity index (χ2v) is 8.57. The van der Waals surface area contributed by atoms with Crippen molar-refractivity contribution in [2.45, 2.75) is 46.6 Å². The second kappa shape index (κ2) is 8.49. The average molecular weight is 413 g/mol. The lowest BCUT2D eigenvalue weighted by atomic mass is 9.97. The third kappa shape index (κ3) is 4.12. The van der Waals surface area contributed by atoms with Crippen molar-refractivity contribution in [3.05, 3.63) is 35.3 Å². The van der Waals surface area contributed by atoms with Crippen LogP contribution in [0.25, 0.3) is 10.3 Å².